The van der Waals surface area contributed by atoms with Crippen molar-refractivity contribution in [3.8, 4) is 0 Å². The lowest BCUT2D eigenvalue weighted by atomic mass is 9.96. The minimum atomic E-state index is 0.224. The molecule has 3 nitrogen and oxygen atoms in total. The predicted molar refractivity (Wildman–Crippen MR) is 88.8 cm³/mol. The van der Waals surface area contributed by atoms with Gasteiger partial charge in [-0.15, -0.1) is 0 Å². The minimum Gasteiger partial charge on any atom is -0.374 e. The third-order valence-corrected chi connectivity index (χ3v) is 4.25. The molecule has 0 bridgehead atoms. The molecule has 1 aromatic carbocycles. The molecule has 1 aliphatic heterocycles. The van der Waals surface area contributed by atoms with Gasteiger partial charge >= 0.3 is 0 Å². The van der Waals surface area contributed by atoms with Crippen molar-refractivity contribution >= 4 is 0 Å². The molecule has 1 heterocycles. The number of morpholine rings is 1. The molecule has 118 valence electrons. The Kier molecular flexibility index (Phi) is 5.80. The molecule has 1 fully saturated rings. The summed E-state index contributed by atoms with van der Waals surface area (Å²) in [7, 11) is 0. The number of benzene rings is 1. The van der Waals surface area contributed by atoms with Crippen molar-refractivity contribution in [1.82, 2.24) is 10.2 Å². The van der Waals surface area contributed by atoms with Gasteiger partial charge in [-0.05, 0) is 39.8 Å². The fourth-order valence-electron chi connectivity index (χ4n) is 3.24. The van der Waals surface area contributed by atoms with Crippen LogP contribution in [-0.4, -0.2) is 43.3 Å². The van der Waals surface area contributed by atoms with E-state index in [-0.39, 0.29) is 12.1 Å². The Morgan fingerprint density at radius 3 is 2.48 bits per heavy atom. The predicted octanol–water partition coefficient (Wildman–Crippen LogP) is 3.06. The molecule has 0 spiro atoms. The van der Waals surface area contributed by atoms with Gasteiger partial charge in [0.15, 0.2) is 0 Å². The second-order valence-corrected chi connectivity index (χ2v) is 6.45. The Morgan fingerprint density at radius 1 is 1.24 bits per heavy atom. The van der Waals surface area contributed by atoms with Crippen LogP contribution in [0.5, 0.6) is 0 Å². The highest BCUT2D eigenvalue weighted by Gasteiger charge is 2.29. The number of rotatable bonds is 5. The number of hydrogen-bond donors (Lipinski definition) is 1. The summed E-state index contributed by atoms with van der Waals surface area (Å²) in [6, 6.07) is 7.66. The molecular weight excluding hydrogens is 260 g/mol. The number of aryl methyl sites for hydroxylation is 2. The Hall–Kier alpha value is -0.900. The average Bonchev–Trinajstić information content (AvgIpc) is 2.43. The van der Waals surface area contributed by atoms with Crippen LogP contribution < -0.4 is 5.32 Å². The first-order chi connectivity index (χ1) is 10.0. The van der Waals surface area contributed by atoms with Gasteiger partial charge in [-0.1, -0.05) is 36.2 Å². The summed E-state index contributed by atoms with van der Waals surface area (Å²) in [5.41, 5.74) is 4.00. The quantitative estimate of drug-likeness (QED) is 0.902. The lowest BCUT2D eigenvalue weighted by Crippen LogP contribution is -2.50. The molecule has 1 saturated heterocycles. The number of ether oxygens (including phenoxy) is 1. The highest BCUT2D eigenvalue weighted by Crippen LogP contribution is 2.25. The molecule has 0 aromatic heterocycles. The third kappa shape index (κ3) is 4.29. The van der Waals surface area contributed by atoms with E-state index in [1.807, 2.05) is 0 Å². The first kappa shape index (κ1) is 16.5. The Morgan fingerprint density at radius 2 is 1.90 bits per heavy atom. The van der Waals surface area contributed by atoms with E-state index in [1.54, 1.807) is 0 Å². The van der Waals surface area contributed by atoms with Crippen molar-refractivity contribution in [3.05, 3.63) is 34.9 Å². The van der Waals surface area contributed by atoms with Crippen molar-refractivity contribution in [3.63, 3.8) is 0 Å². The second kappa shape index (κ2) is 7.39. The molecule has 2 atom stereocenters. The topological polar surface area (TPSA) is 24.5 Å². The van der Waals surface area contributed by atoms with Crippen LogP contribution >= 0.6 is 0 Å². The highest BCUT2D eigenvalue weighted by atomic mass is 16.5. The fourth-order valence-corrected chi connectivity index (χ4v) is 3.24. The molecule has 0 aliphatic carbocycles. The lowest BCUT2D eigenvalue weighted by molar-refractivity contribution is -0.0558. The summed E-state index contributed by atoms with van der Waals surface area (Å²) in [5, 5.41) is 3.63. The lowest BCUT2D eigenvalue weighted by Gasteiger charge is -2.39. The van der Waals surface area contributed by atoms with Gasteiger partial charge in [0.1, 0.15) is 0 Å². The highest BCUT2D eigenvalue weighted by molar-refractivity contribution is 5.31. The van der Waals surface area contributed by atoms with Crippen LogP contribution in [0, 0.1) is 13.8 Å². The van der Waals surface area contributed by atoms with Crippen LogP contribution in [0.4, 0.5) is 0 Å². The summed E-state index contributed by atoms with van der Waals surface area (Å²) in [4.78, 5) is 2.52. The monoisotopic (exact) mass is 290 g/mol. The van der Waals surface area contributed by atoms with Gasteiger partial charge in [0.05, 0.1) is 18.8 Å². The molecule has 0 radical (unpaired) electrons. The molecule has 0 amide bonds. The van der Waals surface area contributed by atoms with Crippen LogP contribution in [0.1, 0.15) is 43.5 Å². The first-order valence-electron chi connectivity index (χ1n) is 8.18. The maximum atomic E-state index is 6.10. The van der Waals surface area contributed by atoms with E-state index in [0.717, 1.165) is 26.2 Å². The van der Waals surface area contributed by atoms with Crippen molar-refractivity contribution in [2.45, 2.75) is 52.8 Å². The van der Waals surface area contributed by atoms with Gasteiger partial charge in [-0.3, -0.25) is 4.90 Å². The Balaban J connectivity index is 2.21. The molecule has 1 N–H and O–H groups in total. The van der Waals surface area contributed by atoms with E-state index in [1.165, 1.54) is 16.7 Å². The van der Waals surface area contributed by atoms with Crippen molar-refractivity contribution in [2.75, 3.05) is 26.2 Å². The van der Waals surface area contributed by atoms with Gasteiger partial charge < -0.3 is 10.1 Å². The molecule has 21 heavy (non-hydrogen) atoms. The fraction of sp³-hybridized carbons (Fsp3) is 0.667. The normalized spacial score (nSPS) is 21.7. The van der Waals surface area contributed by atoms with Gasteiger partial charge in [-0.25, -0.2) is 0 Å². The molecular formula is C18H30N2O. The smallest absolute Gasteiger partial charge is 0.0897 e. The number of likely N-dealkylation sites (N-methyl/N-ethyl adjacent to an activating group) is 1. The van der Waals surface area contributed by atoms with Gasteiger partial charge in [0.2, 0.25) is 0 Å². The van der Waals surface area contributed by atoms with E-state index in [9.17, 15) is 0 Å². The maximum absolute atomic E-state index is 6.10. The summed E-state index contributed by atoms with van der Waals surface area (Å²) in [6.07, 6.45) is 0.224. The number of nitrogens with zero attached hydrogens (tertiary/aromatic N) is 1. The summed E-state index contributed by atoms with van der Waals surface area (Å²) in [5.74, 6) is 0. The largest absolute Gasteiger partial charge is 0.374 e. The Labute approximate surface area is 129 Å². The summed E-state index contributed by atoms with van der Waals surface area (Å²) in [6.45, 7) is 14.9. The van der Waals surface area contributed by atoms with Crippen LogP contribution in [-0.2, 0) is 4.74 Å². The van der Waals surface area contributed by atoms with Crippen LogP contribution in [0.15, 0.2) is 18.2 Å². The van der Waals surface area contributed by atoms with Crippen LogP contribution in [0.3, 0.4) is 0 Å². The minimum absolute atomic E-state index is 0.224. The SMILES string of the molecule is CCNC(c1cc(C)cc(C)c1)C1CN(C(C)C)CCO1. The zero-order chi connectivity index (χ0) is 15.4. The van der Waals surface area contributed by atoms with E-state index >= 15 is 0 Å². The molecule has 1 aromatic rings. The summed E-state index contributed by atoms with van der Waals surface area (Å²) >= 11 is 0. The van der Waals surface area contributed by atoms with Crippen molar-refractivity contribution in [1.29, 1.82) is 0 Å². The van der Waals surface area contributed by atoms with Gasteiger partial charge in [-0.2, -0.15) is 0 Å². The van der Waals surface area contributed by atoms with Crippen LogP contribution in [0.2, 0.25) is 0 Å². The van der Waals surface area contributed by atoms with Crippen molar-refractivity contribution in [2.24, 2.45) is 0 Å². The molecule has 0 saturated carbocycles. The molecule has 1 aliphatic rings. The van der Waals surface area contributed by atoms with Gasteiger partial charge in [0, 0.05) is 19.1 Å². The molecule has 2 rings (SSSR count). The average molecular weight is 290 g/mol. The van der Waals surface area contributed by atoms with Crippen LogP contribution in [0.25, 0.3) is 0 Å². The van der Waals surface area contributed by atoms with Crippen molar-refractivity contribution < 1.29 is 4.74 Å². The molecule has 2 unspecified atom stereocenters. The zero-order valence-electron chi connectivity index (χ0n) is 14.1. The summed E-state index contributed by atoms with van der Waals surface area (Å²) < 4.78 is 6.10. The Bertz CT molecular complexity index is 438. The second-order valence-electron chi connectivity index (χ2n) is 6.45. The zero-order valence-corrected chi connectivity index (χ0v) is 14.1. The van der Waals surface area contributed by atoms with E-state index in [4.69, 9.17) is 4.74 Å². The maximum Gasteiger partial charge on any atom is 0.0897 e. The molecule has 3 heteroatoms. The van der Waals surface area contributed by atoms with E-state index in [2.05, 4.69) is 63.0 Å². The standard InChI is InChI=1S/C18H30N2O/c1-6-19-18(16-10-14(4)9-15(5)11-16)17-12-20(13(2)3)7-8-21-17/h9-11,13,17-19H,6-8,12H2,1-5H3. The number of hydrogen-bond acceptors (Lipinski definition) is 3. The third-order valence-electron chi connectivity index (χ3n) is 4.25. The van der Waals surface area contributed by atoms with E-state index < -0.39 is 0 Å². The first-order valence-corrected chi connectivity index (χ1v) is 8.18. The van der Waals surface area contributed by atoms with E-state index in [0.29, 0.717) is 6.04 Å². The van der Waals surface area contributed by atoms with Gasteiger partial charge in [0.25, 0.3) is 0 Å². The number of nitrogens with one attached hydrogen (secondary N) is 1.